The lowest BCUT2D eigenvalue weighted by molar-refractivity contribution is -0.147. The van der Waals surface area contributed by atoms with Crippen LogP contribution in [0.1, 0.15) is 52.9 Å². The molecule has 0 aromatic carbocycles. The highest BCUT2D eigenvalue weighted by Crippen LogP contribution is 2.29. The Hall–Kier alpha value is -1.34. The van der Waals surface area contributed by atoms with Crippen molar-refractivity contribution < 1.29 is 28.5 Å². The van der Waals surface area contributed by atoms with Gasteiger partial charge in [0.2, 0.25) is 0 Å². The zero-order valence-corrected chi connectivity index (χ0v) is 16.7. The molecule has 0 aromatic rings. The quantitative estimate of drug-likeness (QED) is 0.692. The number of amides is 1. The second kappa shape index (κ2) is 9.04. The van der Waals surface area contributed by atoms with Crippen molar-refractivity contribution in [3.63, 3.8) is 0 Å². The molecule has 1 heterocycles. The molecule has 0 N–H and O–H groups in total. The average Bonchev–Trinajstić information content (AvgIpc) is 3.02. The number of methoxy groups -OCH3 is 2. The summed E-state index contributed by atoms with van der Waals surface area (Å²) >= 11 is 0. The minimum absolute atomic E-state index is 0.00572. The SMILES string of the molecule is COC(=O)C1CCC(OC[C@@H]2C[C@@H](OC)CN2C(=O)OC(C)(C)C)CC1. The molecule has 0 radical (unpaired) electrons. The minimum atomic E-state index is -0.528. The molecule has 1 aliphatic carbocycles. The number of hydrogen-bond donors (Lipinski definition) is 0. The third-order valence-electron chi connectivity index (χ3n) is 5.07. The number of likely N-dealkylation sites (tertiary alicyclic amines) is 1. The number of hydrogen-bond acceptors (Lipinski definition) is 6. The van der Waals surface area contributed by atoms with Crippen LogP contribution in [0.5, 0.6) is 0 Å². The van der Waals surface area contributed by atoms with E-state index in [1.54, 1.807) is 12.0 Å². The van der Waals surface area contributed by atoms with Crippen LogP contribution in [0.25, 0.3) is 0 Å². The lowest BCUT2D eigenvalue weighted by Crippen LogP contribution is -2.42. The van der Waals surface area contributed by atoms with Gasteiger partial charge in [-0.15, -0.1) is 0 Å². The van der Waals surface area contributed by atoms with E-state index in [0.29, 0.717) is 13.2 Å². The Kier molecular flexibility index (Phi) is 7.29. The van der Waals surface area contributed by atoms with E-state index in [0.717, 1.165) is 32.1 Å². The van der Waals surface area contributed by atoms with Crippen LogP contribution in [-0.4, -0.2) is 68.2 Å². The molecule has 1 aliphatic heterocycles. The van der Waals surface area contributed by atoms with E-state index in [1.807, 2.05) is 20.8 Å². The minimum Gasteiger partial charge on any atom is -0.469 e. The smallest absolute Gasteiger partial charge is 0.410 e. The molecule has 1 saturated heterocycles. The molecule has 0 spiro atoms. The van der Waals surface area contributed by atoms with E-state index in [9.17, 15) is 9.59 Å². The standard InChI is InChI=1S/C19H33NO6/c1-19(2,3)26-18(22)20-11-16(23-4)10-14(20)12-25-15-8-6-13(7-9-15)17(21)24-5/h13-16H,6-12H2,1-5H3/t13?,14-,15?,16+/m0/s1. The first-order valence-corrected chi connectivity index (χ1v) is 9.45. The molecule has 2 atom stereocenters. The topological polar surface area (TPSA) is 74.3 Å². The molecule has 7 heteroatoms. The van der Waals surface area contributed by atoms with Crippen molar-refractivity contribution >= 4 is 12.1 Å². The van der Waals surface area contributed by atoms with Gasteiger partial charge in [0.15, 0.2) is 0 Å². The number of rotatable bonds is 5. The predicted molar refractivity (Wildman–Crippen MR) is 95.9 cm³/mol. The highest BCUT2D eigenvalue weighted by molar-refractivity contribution is 5.72. The molecule has 0 aromatic heterocycles. The van der Waals surface area contributed by atoms with E-state index in [2.05, 4.69) is 0 Å². The van der Waals surface area contributed by atoms with Crippen LogP contribution >= 0.6 is 0 Å². The summed E-state index contributed by atoms with van der Waals surface area (Å²) in [5.74, 6) is -0.138. The Labute approximate surface area is 156 Å². The lowest BCUT2D eigenvalue weighted by Gasteiger charge is -2.31. The molecule has 2 aliphatic rings. The molecule has 150 valence electrons. The second-order valence-electron chi connectivity index (χ2n) is 8.21. The number of ether oxygens (including phenoxy) is 4. The van der Waals surface area contributed by atoms with Gasteiger partial charge in [-0.3, -0.25) is 4.79 Å². The van der Waals surface area contributed by atoms with E-state index >= 15 is 0 Å². The summed E-state index contributed by atoms with van der Waals surface area (Å²) in [5, 5.41) is 0. The zero-order valence-electron chi connectivity index (χ0n) is 16.7. The van der Waals surface area contributed by atoms with Crippen molar-refractivity contribution in [1.29, 1.82) is 0 Å². The van der Waals surface area contributed by atoms with Gasteiger partial charge in [0.05, 0.1) is 44.4 Å². The third-order valence-corrected chi connectivity index (χ3v) is 5.07. The first-order valence-electron chi connectivity index (χ1n) is 9.45. The van der Waals surface area contributed by atoms with E-state index in [-0.39, 0.29) is 36.2 Å². The third kappa shape index (κ3) is 5.84. The average molecular weight is 371 g/mol. The Morgan fingerprint density at radius 3 is 2.23 bits per heavy atom. The molecule has 26 heavy (non-hydrogen) atoms. The van der Waals surface area contributed by atoms with Crippen molar-refractivity contribution in [1.82, 2.24) is 4.90 Å². The van der Waals surface area contributed by atoms with E-state index < -0.39 is 5.60 Å². The molecule has 7 nitrogen and oxygen atoms in total. The van der Waals surface area contributed by atoms with Gasteiger partial charge in [0, 0.05) is 7.11 Å². The van der Waals surface area contributed by atoms with Crippen molar-refractivity contribution in [2.24, 2.45) is 5.92 Å². The monoisotopic (exact) mass is 371 g/mol. The van der Waals surface area contributed by atoms with Crippen LogP contribution in [0.2, 0.25) is 0 Å². The van der Waals surface area contributed by atoms with Crippen LogP contribution in [0.15, 0.2) is 0 Å². The molecule has 2 rings (SSSR count). The van der Waals surface area contributed by atoms with Crippen molar-refractivity contribution in [3.05, 3.63) is 0 Å². The molecule has 1 saturated carbocycles. The fraction of sp³-hybridized carbons (Fsp3) is 0.895. The normalized spacial score (nSPS) is 29.5. The van der Waals surface area contributed by atoms with Crippen LogP contribution in [0.3, 0.4) is 0 Å². The summed E-state index contributed by atoms with van der Waals surface area (Å²) in [5.41, 5.74) is -0.528. The van der Waals surface area contributed by atoms with Gasteiger partial charge in [0.25, 0.3) is 0 Å². The van der Waals surface area contributed by atoms with Gasteiger partial charge >= 0.3 is 12.1 Å². The van der Waals surface area contributed by atoms with Gasteiger partial charge in [-0.1, -0.05) is 0 Å². The molecular formula is C19H33NO6. The first kappa shape index (κ1) is 21.0. The molecular weight excluding hydrogens is 338 g/mol. The van der Waals surface area contributed by atoms with Gasteiger partial charge < -0.3 is 23.8 Å². The van der Waals surface area contributed by atoms with E-state index in [1.165, 1.54) is 7.11 Å². The Balaban J connectivity index is 1.84. The Morgan fingerprint density at radius 2 is 1.69 bits per heavy atom. The van der Waals surface area contributed by atoms with Crippen LogP contribution in [0, 0.1) is 5.92 Å². The van der Waals surface area contributed by atoms with Crippen molar-refractivity contribution in [2.45, 2.75) is 76.7 Å². The van der Waals surface area contributed by atoms with Gasteiger partial charge in [-0.05, 0) is 52.9 Å². The highest BCUT2D eigenvalue weighted by Gasteiger charge is 2.38. The van der Waals surface area contributed by atoms with Gasteiger partial charge in [-0.2, -0.15) is 0 Å². The summed E-state index contributed by atoms with van der Waals surface area (Å²) in [6, 6.07) is -0.0480. The van der Waals surface area contributed by atoms with Crippen LogP contribution in [-0.2, 0) is 23.7 Å². The fourth-order valence-electron chi connectivity index (χ4n) is 3.63. The summed E-state index contributed by atoms with van der Waals surface area (Å²) in [6.07, 6.45) is 3.81. The fourth-order valence-corrected chi connectivity index (χ4v) is 3.63. The summed E-state index contributed by atoms with van der Waals surface area (Å²) in [6.45, 7) is 6.57. The lowest BCUT2D eigenvalue weighted by atomic mass is 9.87. The maximum atomic E-state index is 12.5. The Morgan fingerprint density at radius 1 is 1.04 bits per heavy atom. The predicted octanol–water partition coefficient (Wildman–Crippen LogP) is 2.76. The number of carbonyl (C=O) groups excluding carboxylic acids is 2. The summed E-state index contributed by atoms with van der Waals surface area (Å²) < 4.78 is 21.8. The van der Waals surface area contributed by atoms with Crippen LogP contribution in [0.4, 0.5) is 4.79 Å². The van der Waals surface area contributed by atoms with Gasteiger partial charge in [-0.25, -0.2) is 4.79 Å². The summed E-state index contributed by atoms with van der Waals surface area (Å²) in [4.78, 5) is 25.8. The highest BCUT2D eigenvalue weighted by atomic mass is 16.6. The Bertz CT molecular complexity index is 481. The molecule has 0 unspecified atom stereocenters. The maximum Gasteiger partial charge on any atom is 0.410 e. The number of esters is 1. The van der Waals surface area contributed by atoms with Crippen molar-refractivity contribution in [3.8, 4) is 0 Å². The molecule has 2 fully saturated rings. The molecule has 0 bridgehead atoms. The molecule has 1 amide bonds. The van der Waals surface area contributed by atoms with Crippen LogP contribution < -0.4 is 0 Å². The first-order chi connectivity index (χ1) is 12.2. The largest absolute Gasteiger partial charge is 0.469 e. The zero-order chi connectivity index (χ0) is 19.3. The van der Waals surface area contributed by atoms with E-state index in [4.69, 9.17) is 18.9 Å². The summed E-state index contributed by atoms with van der Waals surface area (Å²) in [7, 11) is 3.09. The number of nitrogens with zero attached hydrogens (tertiary/aromatic N) is 1. The van der Waals surface area contributed by atoms with Crippen molar-refractivity contribution in [2.75, 3.05) is 27.4 Å². The maximum absolute atomic E-state index is 12.5. The van der Waals surface area contributed by atoms with Gasteiger partial charge in [0.1, 0.15) is 5.60 Å². The number of carbonyl (C=O) groups is 2. The second-order valence-corrected chi connectivity index (χ2v) is 8.21.